The average molecular weight is 264 g/mol. The molecule has 92 valence electrons. The SMILES string of the molecule is O=C(O)c1csc(Cc2ccc([N+](=O)[O-])cc2)n1. The first-order valence-electron chi connectivity index (χ1n) is 4.97. The highest BCUT2D eigenvalue weighted by Gasteiger charge is 2.10. The number of thiazole rings is 1. The van der Waals surface area contributed by atoms with Crippen LogP contribution in [0.1, 0.15) is 21.1 Å². The summed E-state index contributed by atoms with van der Waals surface area (Å²) in [6.45, 7) is 0. The third kappa shape index (κ3) is 2.69. The predicted octanol–water partition coefficient (Wildman–Crippen LogP) is 2.34. The largest absolute Gasteiger partial charge is 0.476 e. The molecule has 0 amide bonds. The predicted molar refractivity (Wildman–Crippen MR) is 65.0 cm³/mol. The molecule has 0 unspecified atom stereocenters. The lowest BCUT2D eigenvalue weighted by molar-refractivity contribution is -0.384. The van der Waals surface area contributed by atoms with Crippen molar-refractivity contribution in [1.82, 2.24) is 4.98 Å². The zero-order valence-electron chi connectivity index (χ0n) is 9.07. The number of hydrogen-bond acceptors (Lipinski definition) is 5. The molecule has 0 aliphatic carbocycles. The fourth-order valence-corrected chi connectivity index (χ4v) is 2.20. The van der Waals surface area contributed by atoms with Crippen LogP contribution in [-0.2, 0) is 6.42 Å². The number of rotatable bonds is 4. The minimum absolute atomic E-state index is 0.0249. The monoisotopic (exact) mass is 264 g/mol. The molecule has 6 nitrogen and oxygen atoms in total. The number of nitro benzene ring substituents is 1. The van der Waals surface area contributed by atoms with E-state index in [1.54, 1.807) is 12.1 Å². The number of benzene rings is 1. The van der Waals surface area contributed by atoms with Crippen molar-refractivity contribution in [2.24, 2.45) is 0 Å². The van der Waals surface area contributed by atoms with E-state index in [9.17, 15) is 14.9 Å². The third-order valence-corrected chi connectivity index (χ3v) is 3.12. The van der Waals surface area contributed by atoms with Crippen molar-refractivity contribution < 1.29 is 14.8 Å². The molecule has 0 radical (unpaired) electrons. The molecule has 7 heteroatoms. The van der Waals surface area contributed by atoms with Crippen LogP contribution in [0.5, 0.6) is 0 Å². The van der Waals surface area contributed by atoms with Crippen molar-refractivity contribution in [3.05, 3.63) is 56.0 Å². The van der Waals surface area contributed by atoms with Gasteiger partial charge in [-0.3, -0.25) is 10.1 Å². The Morgan fingerprint density at radius 1 is 1.39 bits per heavy atom. The smallest absolute Gasteiger partial charge is 0.355 e. The lowest BCUT2D eigenvalue weighted by atomic mass is 10.1. The maximum atomic E-state index is 10.7. The van der Waals surface area contributed by atoms with Crippen molar-refractivity contribution in [3.63, 3.8) is 0 Å². The Labute approximate surface area is 106 Å². The van der Waals surface area contributed by atoms with Gasteiger partial charge in [0.2, 0.25) is 0 Å². The topological polar surface area (TPSA) is 93.3 Å². The summed E-state index contributed by atoms with van der Waals surface area (Å²) in [7, 11) is 0. The molecule has 1 aromatic heterocycles. The maximum Gasteiger partial charge on any atom is 0.355 e. The molecule has 0 saturated carbocycles. The van der Waals surface area contributed by atoms with Gasteiger partial charge in [-0.05, 0) is 5.56 Å². The number of carbonyl (C=O) groups is 1. The molecule has 1 heterocycles. The average Bonchev–Trinajstić information content (AvgIpc) is 2.78. The minimum atomic E-state index is -1.05. The molecule has 18 heavy (non-hydrogen) atoms. The quantitative estimate of drug-likeness (QED) is 0.675. The third-order valence-electron chi connectivity index (χ3n) is 2.27. The lowest BCUT2D eigenvalue weighted by Crippen LogP contribution is -1.97. The Bertz CT molecular complexity index is 591. The van der Waals surface area contributed by atoms with Gasteiger partial charge in [-0.25, -0.2) is 9.78 Å². The van der Waals surface area contributed by atoms with Crippen LogP contribution in [0.2, 0.25) is 0 Å². The molecule has 0 spiro atoms. The van der Waals surface area contributed by atoms with Crippen molar-refractivity contribution in [2.75, 3.05) is 0 Å². The number of carboxylic acids is 1. The van der Waals surface area contributed by atoms with Crippen LogP contribution in [0.3, 0.4) is 0 Å². The molecule has 1 aromatic carbocycles. The van der Waals surface area contributed by atoms with Crippen LogP contribution in [0.4, 0.5) is 5.69 Å². The number of carboxylic acid groups (broad SMARTS) is 1. The van der Waals surface area contributed by atoms with Gasteiger partial charge in [0.1, 0.15) is 0 Å². The van der Waals surface area contributed by atoms with E-state index in [0.717, 1.165) is 5.56 Å². The minimum Gasteiger partial charge on any atom is -0.476 e. The fourth-order valence-electron chi connectivity index (χ4n) is 1.40. The molecule has 1 N–H and O–H groups in total. The van der Waals surface area contributed by atoms with Gasteiger partial charge in [0, 0.05) is 23.9 Å². The maximum absolute atomic E-state index is 10.7. The number of non-ortho nitro benzene ring substituents is 1. The van der Waals surface area contributed by atoms with Gasteiger partial charge in [0.15, 0.2) is 5.69 Å². The Hall–Kier alpha value is -2.28. The van der Waals surface area contributed by atoms with Gasteiger partial charge in [0.05, 0.1) is 9.93 Å². The van der Waals surface area contributed by atoms with E-state index >= 15 is 0 Å². The van der Waals surface area contributed by atoms with Crippen molar-refractivity contribution in [2.45, 2.75) is 6.42 Å². The van der Waals surface area contributed by atoms with Gasteiger partial charge >= 0.3 is 5.97 Å². The van der Waals surface area contributed by atoms with Gasteiger partial charge in [0.25, 0.3) is 5.69 Å². The fraction of sp³-hybridized carbons (Fsp3) is 0.0909. The van der Waals surface area contributed by atoms with Crippen LogP contribution >= 0.6 is 11.3 Å². The van der Waals surface area contributed by atoms with E-state index in [1.807, 2.05) is 0 Å². The normalized spacial score (nSPS) is 10.2. The van der Waals surface area contributed by atoms with Crippen LogP contribution in [0, 0.1) is 10.1 Å². The highest BCUT2D eigenvalue weighted by Crippen LogP contribution is 2.17. The molecule has 0 saturated heterocycles. The summed E-state index contributed by atoms with van der Waals surface area (Å²) in [5.74, 6) is -1.05. The highest BCUT2D eigenvalue weighted by atomic mass is 32.1. The zero-order valence-corrected chi connectivity index (χ0v) is 9.88. The summed E-state index contributed by atoms with van der Waals surface area (Å²) in [4.78, 5) is 24.6. The summed E-state index contributed by atoms with van der Waals surface area (Å²) < 4.78 is 0. The summed E-state index contributed by atoms with van der Waals surface area (Å²) in [5.41, 5.74) is 0.910. The Morgan fingerprint density at radius 2 is 2.06 bits per heavy atom. The van der Waals surface area contributed by atoms with Gasteiger partial charge in [-0.2, -0.15) is 0 Å². The summed E-state index contributed by atoms with van der Waals surface area (Å²) in [6.07, 6.45) is 0.468. The van der Waals surface area contributed by atoms with Crippen molar-refractivity contribution >= 4 is 23.0 Å². The molecule has 0 atom stereocenters. The number of hydrogen-bond donors (Lipinski definition) is 1. The van der Waals surface area contributed by atoms with Crippen LogP contribution in [0.25, 0.3) is 0 Å². The second-order valence-electron chi connectivity index (χ2n) is 3.53. The van der Waals surface area contributed by atoms with Crippen molar-refractivity contribution in [1.29, 1.82) is 0 Å². The molecule has 0 aliphatic rings. The number of nitrogens with zero attached hydrogens (tertiary/aromatic N) is 2. The summed E-state index contributed by atoms with van der Waals surface area (Å²) in [6, 6.07) is 6.11. The molecule has 0 bridgehead atoms. The molecule has 2 rings (SSSR count). The standard InChI is InChI=1S/C11H8N2O4S/c14-11(15)9-6-18-10(12-9)5-7-1-3-8(4-2-7)13(16)17/h1-4,6H,5H2,(H,14,15). The first-order valence-corrected chi connectivity index (χ1v) is 5.85. The lowest BCUT2D eigenvalue weighted by Gasteiger charge is -1.97. The van der Waals surface area contributed by atoms with Crippen LogP contribution in [0.15, 0.2) is 29.6 Å². The second kappa shape index (κ2) is 4.92. The van der Waals surface area contributed by atoms with E-state index < -0.39 is 10.9 Å². The Kier molecular flexibility index (Phi) is 3.33. The molecule has 2 aromatic rings. The van der Waals surface area contributed by atoms with Gasteiger partial charge in [-0.15, -0.1) is 11.3 Å². The van der Waals surface area contributed by atoms with E-state index in [-0.39, 0.29) is 11.4 Å². The van der Waals surface area contributed by atoms with E-state index in [2.05, 4.69) is 4.98 Å². The molecule has 0 aliphatic heterocycles. The van der Waals surface area contributed by atoms with Crippen LogP contribution in [-0.4, -0.2) is 21.0 Å². The van der Waals surface area contributed by atoms with E-state index in [0.29, 0.717) is 11.4 Å². The number of aromatic carboxylic acids is 1. The summed E-state index contributed by atoms with van der Waals surface area (Å²) >= 11 is 1.26. The van der Waals surface area contributed by atoms with Gasteiger partial charge < -0.3 is 5.11 Å². The highest BCUT2D eigenvalue weighted by molar-refractivity contribution is 7.09. The number of nitro groups is 1. The van der Waals surface area contributed by atoms with Crippen LogP contribution < -0.4 is 0 Å². The van der Waals surface area contributed by atoms with E-state index in [1.165, 1.54) is 28.8 Å². The Morgan fingerprint density at radius 3 is 2.56 bits per heavy atom. The summed E-state index contributed by atoms with van der Waals surface area (Å²) in [5, 5.41) is 21.4. The Balaban J connectivity index is 2.13. The molecule has 0 fully saturated rings. The van der Waals surface area contributed by atoms with Gasteiger partial charge in [-0.1, -0.05) is 12.1 Å². The van der Waals surface area contributed by atoms with Crippen molar-refractivity contribution in [3.8, 4) is 0 Å². The number of aromatic nitrogens is 1. The molecular formula is C11H8N2O4S. The first kappa shape index (κ1) is 12.2. The molecular weight excluding hydrogens is 256 g/mol. The second-order valence-corrected chi connectivity index (χ2v) is 4.47. The zero-order chi connectivity index (χ0) is 13.1. The first-order chi connectivity index (χ1) is 8.56. The van der Waals surface area contributed by atoms with E-state index in [4.69, 9.17) is 5.11 Å².